The van der Waals surface area contributed by atoms with Crippen LogP contribution in [0.25, 0.3) is 0 Å². The first-order chi connectivity index (χ1) is 7.97. The maximum Gasteiger partial charge on any atom is 0.269 e. The Balaban J connectivity index is 2.92. The largest absolute Gasteiger partial charge is 0.381 e. The van der Waals surface area contributed by atoms with Crippen molar-refractivity contribution in [1.82, 2.24) is 0 Å². The standard InChI is InChI=1S/C10H12N2O5/c1-2-9(12(16)17)10(13)7-3-5-8(6-4-7)11(14)15/h3-6,9-10,13H,2H2,1H3/t9-,10+/m0/s1. The predicted octanol–water partition coefficient (Wildman–Crippen LogP) is 1.68. The molecule has 1 aromatic rings. The first kappa shape index (κ1) is 13.0. The van der Waals surface area contributed by atoms with Gasteiger partial charge >= 0.3 is 0 Å². The molecule has 1 N–H and O–H groups in total. The Morgan fingerprint density at radius 2 is 1.76 bits per heavy atom. The van der Waals surface area contributed by atoms with Crippen molar-refractivity contribution in [3.8, 4) is 0 Å². The Morgan fingerprint density at radius 1 is 1.24 bits per heavy atom. The third-order valence-electron chi connectivity index (χ3n) is 2.50. The van der Waals surface area contributed by atoms with E-state index in [-0.39, 0.29) is 12.1 Å². The van der Waals surface area contributed by atoms with Gasteiger partial charge in [-0.3, -0.25) is 20.2 Å². The number of benzene rings is 1. The Hall–Kier alpha value is -2.02. The summed E-state index contributed by atoms with van der Waals surface area (Å²) >= 11 is 0. The predicted molar refractivity (Wildman–Crippen MR) is 59.1 cm³/mol. The molecule has 7 nitrogen and oxygen atoms in total. The highest BCUT2D eigenvalue weighted by molar-refractivity contribution is 5.34. The molecular formula is C10H12N2O5. The number of hydrogen-bond acceptors (Lipinski definition) is 5. The van der Waals surface area contributed by atoms with Gasteiger partial charge in [-0.25, -0.2) is 0 Å². The van der Waals surface area contributed by atoms with Crippen molar-refractivity contribution in [2.75, 3.05) is 0 Å². The van der Waals surface area contributed by atoms with E-state index < -0.39 is 22.0 Å². The Bertz CT molecular complexity index is 417. The van der Waals surface area contributed by atoms with Crippen LogP contribution in [0.4, 0.5) is 5.69 Å². The van der Waals surface area contributed by atoms with Gasteiger partial charge in [-0.05, 0) is 17.7 Å². The summed E-state index contributed by atoms with van der Waals surface area (Å²) in [6, 6.07) is 3.98. The van der Waals surface area contributed by atoms with Gasteiger partial charge in [-0.15, -0.1) is 0 Å². The normalized spacial score (nSPS) is 14.0. The highest BCUT2D eigenvalue weighted by atomic mass is 16.6. The van der Waals surface area contributed by atoms with Gasteiger partial charge in [0.05, 0.1) is 4.92 Å². The first-order valence-electron chi connectivity index (χ1n) is 5.03. The molecule has 0 aliphatic heterocycles. The van der Waals surface area contributed by atoms with E-state index in [0.717, 1.165) is 0 Å². The maximum atomic E-state index is 10.7. The van der Waals surface area contributed by atoms with E-state index in [1.807, 2.05) is 0 Å². The Kier molecular flexibility index (Phi) is 4.11. The van der Waals surface area contributed by atoms with Crippen LogP contribution in [-0.2, 0) is 0 Å². The molecule has 0 saturated heterocycles. The number of non-ortho nitro benzene ring substituents is 1. The van der Waals surface area contributed by atoms with Crippen molar-refractivity contribution in [1.29, 1.82) is 0 Å². The van der Waals surface area contributed by atoms with Crippen LogP contribution in [0.3, 0.4) is 0 Å². The van der Waals surface area contributed by atoms with E-state index in [0.29, 0.717) is 5.56 Å². The van der Waals surface area contributed by atoms with Crippen LogP contribution >= 0.6 is 0 Å². The molecule has 17 heavy (non-hydrogen) atoms. The molecule has 0 unspecified atom stereocenters. The lowest BCUT2D eigenvalue weighted by atomic mass is 10.0. The van der Waals surface area contributed by atoms with Crippen LogP contribution in [0.5, 0.6) is 0 Å². The van der Waals surface area contributed by atoms with Crippen LogP contribution in [0.1, 0.15) is 25.0 Å². The van der Waals surface area contributed by atoms with E-state index in [2.05, 4.69) is 0 Å². The van der Waals surface area contributed by atoms with E-state index >= 15 is 0 Å². The van der Waals surface area contributed by atoms with Gasteiger partial charge in [0.1, 0.15) is 6.10 Å². The minimum absolute atomic E-state index is 0.116. The van der Waals surface area contributed by atoms with Gasteiger partial charge in [0, 0.05) is 23.5 Å². The molecule has 0 fully saturated rings. The zero-order valence-corrected chi connectivity index (χ0v) is 9.15. The van der Waals surface area contributed by atoms with E-state index in [1.54, 1.807) is 6.92 Å². The molecule has 1 aromatic carbocycles. The van der Waals surface area contributed by atoms with Crippen molar-refractivity contribution in [2.24, 2.45) is 0 Å². The molecule has 0 aliphatic carbocycles. The second-order valence-corrected chi connectivity index (χ2v) is 3.55. The quantitative estimate of drug-likeness (QED) is 0.622. The van der Waals surface area contributed by atoms with Crippen molar-refractivity contribution in [3.63, 3.8) is 0 Å². The molecular weight excluding hydrogens is 228 g/mol. The molecule has 0 radical (unpaired) electrons. The molecule has 0 heterocycles. The lowest BCUT2D eigenvalue weighted by Crippen LogP contribution is -2.26. The van der Waals surface area contributed by atoms with Gasteiger partial charge < -0.3 is 5.11 Å². The summed E-state index contributed by atoms with van der Waals surface area (Å²) in [5, 5.41) is 30.8. The SMILES string of the molecule is CC[C@@H]([C@H](O)c1ccc([N+](=O)[O-])cc1)[N+](=O)[O-]. The molecule has 1 rings (SSSR count). The minimum atomic E-state index is -1.25. The molecule has 2 atom stereocenters. The van der Waals surface area contributed by atoms with Gasteiger partial charge in [-0.1, -0.05) is 6.92 Å². The lowest BCUT2D eigenvalue weighted by molar-refractivity contribution is -0.536. The fourth-order valence-corrected chi connectivity index (χ4v) is 1.50. The number of nitro groups is 2. The molecule has 0 aliphatic rings. The van der Waals surface area contributed by atoms with Gasteiger partial charge in [0.25, 0.3) is 5.69 Å². The molecule has 0 bridgehead atoms. The zero-order chi connectivity index (χ0) is 13.0. The number of nitrogens with zero attached hydrogens (tertiary/aromatic N) is 2. The van der Waals surface area contributed by atoms with Gasteiger partial charge in [0.2, 0.25) is 6.04 Å². The average molecular weight is 240 g/mol. The minimum Gasteiger partial charge on any atom is -0.381 e. The van der Waals surface area contributed by atoms with Crippen molar-refractivity contribution < 1.29 is 15.0 Å². The highest BCUT2D eigenvalue weighted by Crippen LogP contribution is 2.23. The zero-order valence-electron chi connectivity index (χ0n) is 9.15. The summed E-state index contributed by atoms with van der Waals surface area (Å²) in [6.07, 6.45) is -1.07. The molecule has 0 amide bonds. The Labute approximate surface area is 97.0 Å². The number of hydrogen-bond donors (Lipinski definition) is 1. The monoisotopic (exact) mass is 240 g/mol. The van der Waals surface area contributed by atoms with Crippen LogP contribution in [0.15, 0.2) is 24.3 Å². The number of rotatable bonds is 5. The molecule has 0 saturated carbocycles. The summed E-state index contributed by atoms with van der Waals surface area (Å²) in [6.45, 7) is 1.60. The molecule has 7 heteroatoms. The summed E-state index contributed by atoms with van der Waals surface area (Å²) in [5.41, 5.74) is 0.189. The van der Waals surface area contributed by atoms with Crippen molar-refractivity contribution >= 4 is 5.69 Å². The second-order valence-electron chi connectivity index (χ2n) is 3.55. The van der Waals surface area contributed by atoms with Crippen LogP contribution in [0.2, 0.25) is 0 Å². The first-order valence-corrected chi connectivity index (χ1v) is 5.03. The van der Waals surface area contributed by atoms with Crippen molar-refractivity contribution in [3.05, 3.63) is 50.1 Å². The summed E-state index contributed by atoms with van der Waals surface area (Å²) in [5.74, 6) is 0. The van der Waals surface area contributed by atoms with E-state index in [9.17, 15) is 25.3 Å². The van der Waals surface area contributed by atoms with Crippen LogP contribution in [-0.4, -0.2) is 21.0 Å². The number of aliphatic hydroxyl groups is 1. The second kappa shape index (κ2) is 5.35. The average Bonchev–Trinajstić information content (AvgIpc) is 2.29. The van der Waals surface area contributed by atoms with Crippen LogP contribution < -0.4 is 0 Å². The Morgan fingerprint density at radius 3 is 2.12 bits per heavy atom. The number of nitro benzene ring substituents is 1. The number of aliphatic hydroxyl groups excluding tert-OH is 1. The maximum absolute atomic E-state index is 10.7. The molecule has 0 spiro atoms. The molecule has 92 valence electrons. The fraction of sp³-hybridized carbons (Fsp3) is 0.400. The summed E-state index contributed by atoms with van der Waals surface area (Å²) in [4.78, 5) is 20.0. The van der Waals surface area contributed by atoms with Gasteiger partial charge in [0.15, 0.2) is 0 Å². The lowest BCUT2D eigenvalue weighted by Gasteiger charge is -2.14. The van der Waals surface area contributed by atoms with Crippen LogP contribution in [0, 0.1) is 20.2 Å². The van der Waals surface area contributed by atoms with Crippen molar-refractivity contribution in [2.45, 2.75) is 25.5 Å². The van der Waals surface area contributed by atoms with E-state index in [1.165, 1.54) is 24.3 Å². The van der Waals surface area contributed by atoms with Gasteiger partial charge in [-0.2, -0.15) is 0 Å². The molecule has 0 aromatic heterocycles. The topological polar surface area (TPSA) is 107 Å². The third-order valence-corrected chi connectivity index (χ3v) is 2.50. The third kappa shape index (κ3) is 2.97. The summed E-state index contributed by atoms with van der Waals surface area (Å²) in [7, 11) is 0. The summed E-state index contributed by atoms with van der Waals surface area (Å²) < 4.78 is 0. The fourth-order valence-electron chi connectivity index (χ4n) is 1.50. The highest BCUT2D eigenvalue weighted by Gasteiger charge is 2.29. The van der Waals surface area contributed by atoms with E-state index in [4.69, 9.17) is 0 Å². The smallest absolute Gasteiger partial charge is 0.269 e.